The van der Waals surface area contributed by atoms with E-state index in [1.165, 1.54) is 0 Å². The Morgan fingerprint density at radius 1 is 1.05 bits per heavy atom. The predicted octanol–water partition coefficient (Wildman–Crippen LogP) is 4.39. The second kappa shape index (κ2) is 7.18. The van der Waals surface area contributed by atoms with E-state index in [1.807, 2.05) is 56.3 Å². The van der Waals surface area contributed by atoms with Gasteiger partial charge in [0, 0.05) is 11.5 Å². The van der Waals surface area contributed by atoms with Crippen molar-refractivity contribution in [3.05, 3.63) is 54.2 Å². The average Bonchev–Trinajstić information content (AvgIpc) is 2.48. The molecule has 0 aliphatic rings. The van der Waals surface area contributed by atoms with Gasteiger partial charge >= 0.3 is 0 Å². The van der Waals surface area contributed by atoms with Crippen molar-refractivity contribution >= 4 is 0 Å². The number of pyridine rings is 1. The van der Waals surface area contributed by atoms with Crippen molar-refractivity contribution < 1.29 is 13.9 Å². The van der Waals surface area contributed by atoms with Gasteiger partial charge in [-0.2, -0.15) is 0 Å². The summed E-state index contributed by atoms with van der Waals surface area (Å²) in [5, 5.41) is 0. The van der Waals surface area contributed by atoms with Crippen molar-refractivity contribution in [3.8, 4) is 11.6 Å². The van der Waals surface area contributed by atoms with Crippen LogP contribution in [0.25, 0.3) is 0 Å². The zero-order chi connectivity index (χ0) is 15.1. The minimum absolute atomic E-state index is 0.343. The first-order valence-corrected chi connectivity index (χ1v) is 6.92. The molecule has 0 unspecified atom stereocenters. The molecule has 0 aliphatic heterocycles. The Bertz CT molecular complexity index is 558. The van der Waals surface area contributed by atoms with Crippen molar-refractivity contribution in [2.75, 3.05) is 13.3 Å². The van der Waals surface area contributed by atoms with E-state index in [2.05, 4.69) is 4.98 Å². The monoisotopic (exact) mass is 289 g/mol. The van der Waals surface area contributed by atoms with Gasteiger partial charge in [0.1, 0.15) is 5.75 Å². The van der Waals surface area contributed by atoms with Gasteiger partial charge in [-0.3, -0.25) is 4.39 Å². The quantitative estimate of drug-likeness (QED) is 0.757. The SMILES string of the molecule is CC(C)(CF)COCc1cccc(Oc2ccccc2)n1. The van der Waals surface area contributed by atoms with Crippen LogP contribution in [0.2, 0.25) is 0 Å². The summed E-state index contributed by atoms with van der Waals surface area (Å²) < 4.78 is 23.9. The molecule has 4 heteroatoms. The summed E-state index contributed by atoms with van der Waals surface area (Å²) in [5.74, 6) is 1.26. The highest BCUT2D eigenvalue weighted by atomic mass is 19.1. The van der Waals surface area contributed by atoms with Crippen LogP contribution in [0.15, 0.2) is 48.5 Å². The third-order valence-electron chi connectivity index (χ3n) is 2.85. The minimum atomic E-state index is -0.460. The van der Waals surface area contributed by atoms with E-state index >= 15 is 0 Å². The molecule has 1 heterocycles. The van der Waals surface area contributed by atoms with Gasteiger partial charge in [0.15, 0.2) is 0 Å². The number of rotatable bonds is 7. The Morgan fingerprint density at radius 3 is 2.52 bits per heavy atom. The van der Waals surface area contributed by atoms with Crippen LogP contribution in [-0.2, 0) is 11.3 Å². The van der Waals surface area contributed by atoms with Gasteiger partial charge in [-0.15, -0.1) is 0 Å². The normalized spacial score (nSPS) is 11.4. The number of aromatic nitrogens is 1. The molecule has 1 aromatic carbocycles. The summed E-state index contributed by atoms with van der Waals surface area (Å²) in [4.78, 5) is 4.37. The van der Waals surface area contributed by atoms with Gasteiger partial charge in [0.05, 0.1) is 25.6 Å². The number of alkyl halides is 1. The van der Waals surface area contributed by atoms with Gasteiger partial charge in [-0.05, 0) is 18.2 Å². The van der Waals surface area contributed by atoms with Crippen molar-refractivity contribution in [2.24, 2.45) is 5.41 Å². The van der Waals surface area contributed by atoms with Gasteiger partial charge in [0.25, 0.3) is 0 Å². The number of nitrogens with zero attached hydrogens (tertiary/aromatic N) is 1. The highest BCUT2D eigenvalue weighted by Gasteiger charge is 2.17. The van der Waals surface area contributed by atoms with Crippen molar-refractivity contribution in [3.63, 3.8) is 0 Å². The molecule has 0 bridgehead atoms. The van der Waals surface area contributed by atoms with Crippen LogP contribution in [0.1, 0.15) is 19.5 Å². The van der Waals surface area contributed by atoms with Crippen molar-refractivity contribution in [2.45, 2.75) is 20.5 Å². The van der Waals surface area contributed by atoms with Crippen LogP contribution in [0.4, 0.5) is 4.39 Å². The summed E-state index contributed by atoms with van der Waals surface area (Å²) in [6.07, 6.45) is 0. The highest BCUT2D eigenvalue weighted by molar-refractivity contribution is 5.27. The van der Waals surface area contributed by atoms with Gasteiger partial charge in [-0.25, -0.2) is 4.98 Å². The van der Waals surface area contributed by atoms with Crippen molar-refractivity contribution in [1.29, 1.82) is 0 Å². The summed E-state index contributed by atoms with van der Waals surface area (Å²) >= 11 is 0. The fourth-order valence-electron chi connectivity index (χ4n) is 1.67. The minimum Gasteiger partial charge on any atom is -0.439 e. The molecule has 0 atom stereocenters. The van der Waals surface area contributed by atoms with Gasteiger partial charge in [0.2, 0.25) is 5.88 Å². The maximum absolute atomic E-state index is 12.7. The molecular weight excluding hydrogens is 269 g/mol. The van der Waals surface area contributed by atoms with Crippen LogP contribution >= 0.6 is 0 Å². The molecule has 3 nitrogen and oxygen atoms in total. The number of hydrogen-bond donors (Lipinski definition) is 0. The summed E-state index contributed by atoms with van der Waals surface area (Å²) in [5.41, 5.74) is 0.302. The topological polar surface area (TPSA) is 31.4 Å². The van der Waals surface area contributed by atoms with Crippen LogP contribution in [-0.4, -0.2) is 18.3 Å². The molecule has 2 rings (SSSR count). The molecule has 0 N–H and O–H groups in total. The molecule has 0 amide bonds. The van der Waals surface area contributed by atoms with E-state index in [1.54, 1.807) is 6.07 Å². The predicted molar refractivity (Wildman–Crippen MR) is 80.2 cm³/mol. The molecule has 112 valence electrons. The molecular formula is C17H20FNO2. The number of para-hydroxylation sites is 1. The summed E-state index contributed by atoms with van der Waals surface area (Å²) in [6.45, 7) is 3.95. The maximum atomic E-state index is 12.7. The first-order chi connectivity index (χ1) is 10.1. The lowest BCUT2D eigenvalue weighted by atomic mass is 9.97. The van der Waals surface area contributed by atoms with E-state index in [0.717, 1.165) is 11.4 Å². The summed E-state index contributed by atoms with van der Waals surface area (Å²) in [7, 11) is 0. The van der Waals surface area contributed by atoms with Crippen LogP contribution in [0, 0.1) is 5.41 Å². The number of halogens is 1. The zero-order valence-electron chi connectivity index (χ0n) is 12.4. The van der Waals surface area contributed by atoms with Crippen LogP contribution in [0.5, 0.6) is 11.6 Å². The number of ether oxygens (including phenoxy) is 2. The lowest BCUT2D eigenvalue weighted by molar-refractivity contribution is 0.0370. The fraction of sp³-hybridized carbons (Fsp3) is 0.353. The molecule has 21 heavy (non-hydrogen) atoms. The zero-order valence-corrected chi connectivity index (χ0v) is 12.4. The number of hydrogen-bond acceptors (Lipinski definition) is 3. The Morgan fingerprint density at radius 2 is 1.81 bits per heavy atom. The van der Waals surface area contributed by atoms with Gasteiger partial charge < -0.3 is 9.47 Å². The van der Waals surface area contributed by atoms with E-state index in [-0.39, 0.29) is 0 Å². The largest absolute Gasteiger partial charge is 0.439 e. The molecule has 0 saturated heterocycles. The second-order valence-corrected chi connectivity index (χ2v) is 5.67. The van der Waals surface area contributed by atoms with Crippen molar-refractivity contribution in [1.82, 2.24) is 4.98 Å². The Hall–Kier alpha value is -1.94. The van der Waals surface area contributed by atoms with Crippen LogP contribution < -0.4 is 4.74 Å². The molecule has 0 spiro atoms. The molecule has 0 fully saturated rings. The van der Waals surface area contributed by atoms with E-state index < -0.39 is 12.1 Å². The summed E-state index contributed by atoms with van der Waals surface area (Å²) in [6, 6.07) is 15.0. The highest BCUT2D eigenvalue weighted by Crippen LogP contribution is 2.20. The molecule has 0 saturated carbocycles. The molecule has 0 aliphatic carbocycles. The molecule has 0 radical (unpaired) electrons. The third kappa shape index (κ3) is 5.16. The third-order valence-corrected chi connectivity index (χ3v) is 2.85. The van der Waals surface area contributed by atoms with Crippen LogP contribution in [0.3, 0.4) is 0 Å². The maximum Gasteiger partial charge on any atom is 0.219 e. The first kappa shape index (κ1) is 15.4. The van der Waals surface area contributed by atoms with Gasteiger partial charge in [-0.1, -0.05) is 38.1 Å². The molecule has 1 aromatic heterocycles. The van der Waals surface area contributed by atoms with E-state index in [9.17, 15) is 4.39 Å². The lowest BCUT2D eigenvalue weighted by Crippen LogP contribution is -2.21. The fourth-order valence-corrected chi connectivity index (χ4v) is 1.67. The second-order valence-electron chi connectivity index (χ2n) is 5.67. The first-order valence-electron chi connectivity index (χ1n) is 6.92. The molecule has 2 aromatic rings. The lowest BCUT2D eigenvalue weighted by Gasteiger charge is -2.19. The van der Waals surface area contributed by atoms with E-state index in [4.69, 9.17) is 9.47 Å². The number of benzene rings is 1. The smallest absolute Gasteiger partial charge is 0.219 e. The average molecular weight is 289 g/mol. The Kier molecular flexibility index (Phi) is 5.28. The Labute approximate surface area is 124 Å². The van der Waals surface area contributed by atoms with E-state index in [0.29, 0.717) is 19.1 Å². The standard InChI is InChI=1S/C17H20FNO2/c1-17(2,12-18)13-20-11-14-7-6-10-16(19-14)21-15-8-4-3-5-9-15/h3-10H,11-13H2,1-2H3. The Balaban J connectivity index is 1.92.